The van der Waals surface area contributed by atoms with Gasteiger partial charge in [0.2, 0.25) is 0 Å². The second kappa shape index (κ2) is 11.0. The molecule has 132 valence electrons. The van der Waals surface area contributed by atoms with Gasteiger partial charge in [0.15, 0.2) is 5.96 Å². The zero-order chi connectivity index (χ0) is 16.5. The fourth-order valence-corrected chi connectivity index (χ4v) is 2.31. The molecular formula is C17H25FIN5. The third-order valence-electron chi connectivity index (χ3n) is 3.61. The standard InChI is InChI=1S/C17H24FN5.HI/c1-14-20-9-11-23(14)10-4-3-8-21-17(19-2)22-13-15-6-5-7-16(18)12-15;/h5-7,9,11-12H,3-4,8,10,13H2,1-2H3,(H2,19,21,22);1H. The average molecular weight is 445 g/mol. The second-order valence-corrected chi connectivity index (χ2v) is 5.36. The number of unbranched alkanes of at least 4 members (excludes halogenated alkanes) is 1. The van der Waals surface area contributed by atoms with E-state index in [2.05, 4.69) is 25.2 Å². The predicted molar refractivity (Wildman–Crippen MR) is 106 cm³/mol. The highest BCUT2D eigenvalue weighted by Crippen LogP contribution is 2.02. The maximum Gasteiger partial charge on any atom is 0.191 e. The first-order valence-electron chi connectivity index (χ1n) is 7.86. The fourth-order valence-electron chi connectivity index (χ4n) is 2.31. The lowest BCUT2D eigenvalue weighted by molar-refractivity contribution is 0.588. The molecule has 0 saturated carbocycles. The summed E-state index contributed by atoms with van der Waals surface area (Å²) in [6.07, 6.45) is 5.94. The van der Waals surface area contributed by atoms with Gasteiger partial charge in [0.25, 0.3) is 0 Å². The van der Waals surface area contributed by atoms with E-state index in [1.165, 1.54) is 12.1 Å². The number of aryl methyl sites for hydroxylation is 2. The van der Waals surface area contributed by atoms with Gasteiger partial charge in [-0.2, -0.15) is 0 Å². The smallest absolute Gasteiger partial charge is 0.191 e. The van der Waals surface area contributed by atoms with Crippen molar-refractivity contribution in [3.05, 3.63) is 53.9 Å². The minimum absolute atomic E-state index is 0. The van der Waals surface area contributed by atoms with Gasteiger partial charge < -0.3 is 15.2 Å². The van der Waals surface area contributed by atoms with Gasteiger partial charge in [0.05, 0.1) is 0 Å². The summed E-state index contributed by atoms with van der Waals surface area (Å²) in [4.78, 5) is 8.38. The van der Waals surface area contributed by atoms with Gasteiger partial charge in [0.1, 0.15) is 11.6 Å². The maximum absolute atomic E-state index is 13.1. The molecule has 0 fully saturated rings. The molecule has 0 amide bonds. The van der Waals surface area contributed by atoms with Crippen LogP contribution in [-0.4, -0.2) is 29.1 Å². The minimum Gasteiger partial charge on any atom is -0.356 e. The van der Waals surface area contributed by atoms with E-state index in [1.807, 2.05) is 25.4 Å². The zero-order valence-corrected chi connectivity index (χ0v) is 16.5. The van der Waals surface area contributed by atoms with Gasteiger partial charge in [-0.3, -0.25) is 4.99 Å². The van der Waals surface area contributed by atoms with Crippen molar-refractivity contribution in [2.24, 2.45) is 4.99 Å². The fraction of sp³-hybridized carbons (Fsp3) is 0.412. The first kappa shape index (κ1) is 20.4. The Hall–Kier alpha value is -1.64. The molecule has 0 saturated heterocycles. The van der Waals surface area contributed by atoms with Crippen LogP contribution in [0, 0.1) is 12.7 Å². The van der Waals surface area contributed by atoms with Crippen LogP contribution in [0.3, 0.4) is 0 Å². The van der Waals surface area contributed by atoms with E-state index < -0.39 is 0 Å². The highest BCUT2D eigenvalue weighted by atomic mass is 127. The molecule has 0 aliphatic carbocycles. The molecule has 0 unspecified atom stereocenters. The van der Waals surface area contributed by atoms with Crippen LogP contribution in [-0.2, 0) is 13.1 Å². The van der Waals surface area contributed by atoms with E-state index >= 15 is 0 Å². The Kier molecular flexibility index (Phi) is 9.36. The van der Waals surface area contributed by atoms with Crippen molar-refractivity contribution in [3.63, 3.8) is 0 Å². The minimum atomic E-state index is -0.220. The lowest BCUT2D eigenvalue weighted by Gasteiger charge is -2.12. The molecule has 2 aromatic rings. The van der Waals surface area contributed by atoms with Gasteiger partial charge in [-0.1, -0.05) is 12.1 Å². The summed E-state index contributed by atoms with van der Waals surface area (Å²) < 4.78 is 15.3. The summed E-state index contributed by atoms with van der Waals surface area (Å²) in [5.41, 5.74) is 0.892. The molecule has 7 heteroatoms. The molecule has 1 aromatic heterocycles. The Balaban J connectivity index is 0.00000288. The molecule has 1 aromatic carbocycles. The second-order valence-electron chi connectivity index (χ2n) is 5.36. The normalized spacial score (nSPS) is 11.0. The first-order valence-corrected chi connectivity index (χ1v) is 7.86. The number of rotatable bonds is 7. The lowest BCUT2D eigenvalue weighted by atomic mass is 10.2. The molecule has 2 rings (SSSR count). The van der Waals surface area contributed by atoms with Crippen molar-refractivity contribution in [1.29, 1.82) is 0 Å². The highest BCUT2D eigenvalue weighted by molar-refractivity contribution is 14.0. The molecule has 0 radical (unpaired) electrons. The zero-order valence-electron chi connectivity index (χ0n) is 14.1. The van der Waals surface area contributed by atoms with Crippen molar-refractivity contribution in [1.82, 2.24) is 20.2 Å². The number of benzene rings is 1. The van der Waals surface area contributed by atoms with E-state index in [0.717, 1.165) is 43.3 Å². The van der Waals surface area contributed by atoms with Gasteiger partial charge in [0, 0.05) is 39.1 Å². The van der Waals surface area contributed by atoms with Crippen molar-refractivity contribution in [2.45, 2.75) is 32.9 Å². The Labute approximate surface area is 159 Å². The van der Waals surface area contributed by atoms with E-state index in [1.54, 1.807) is 13.1 Å². The van der Waals surface area contributed by atoms with Crippen LogP contribution in [0.1, 0.15) is 24.2 Å². The number of aromatic nitrogens is 2. The Morgan fingerprint density at radius 3 is 2.79 bits per heavy atom. The molecule has 0 atom stereocenters. The van der Waals surface area contributed by atoms with Crippen LogP contribution in [0.4, 0.5) is 4.39 Å². The maximum atomic E-state index is 13.1. The number of nitrogens with one attached hydrogen (secondary N) is 2. The summed E-state index contributed by atoms with van der Waals surface area (Å²) in [7, 11) is 1.73. The molecule has 2 N–H and O–H groups in total. The quantitative estimate of drug-likeness (QED) is 0.298. The average Bonchev–Trinajstić information content (AvgIpc) is 2.95. The number of hydrogen-bond donors (Lipinski definition) is 2. The molecule has 0 aliphatic rings. The van der Waals surface area contributed by atoms with Crippen molar-refractivity contribution in [3.8, 4) is 0 Å². The van der Waals surface area contributed by atoms with Crippen LogP contribution < -0.4 is 10.6 Å². The highest BCUT2D eigenvalue weighted by Gasteiger charge is 2.00. The van der Waals surface area contributed by atoms with Crippen LogP contribution in [0.5, 0.6) is 0 Å². The topological polar surface area (TPSA) is 54.2 Å². The number of aliphatic imine (C=N–C) groups is 1. The number of nitrogens with zero attached hydrogens (tertiary/aromatic N) is 3. The van der Waals surface area contributed by atoms with Crippen LogP contribution in [0.2, 0.25) is 0 Å². The third kappa shape index (κ3) is 6.86. The van der Waals surface area contributed by atoms with Crippen molar-refractivity contribution < 1.29 is 4.39 Å². The summed E-state index contributed by atoms with van der Waals surface area (Å²) in [6.45, 7) is 4.38. The van der Waals surface area contributed by atoms with Crippen LogP contribution in [0.15, 0.2) is 41.7 Å². The van der Waals surface area contributed by atoms with Crippen molar-refractivity contribution in [2.75, 3.05) is 13.6 Å². The largest absolute Gasteiger partial charge is 0.356 e. The Bertz CT molecular complexity index is 641. The van der Waals surface area contributed by atoms with Crippen molar-refractivity contribution >= 4 is 29.9 Å². The van der Waals surface area contributed by atoms with Crippen LogP contribution >= 0.6 is 24.0 Å². The summed E-state index contributed by atoms with van der Waals surface area (Å²) in [6, 6.07) is 6.56. The molecular weight excluding hydrogens is 420 g/mol. The Morgan fingerprint density at radius 1 is 1.29 bits per heavy atom. The number of imidazole rings is 1. The summed E-state index contributed by atoms with van der Waals surface area (Å²) in [5, 5.41) is 6.45. The predicted octanol–water partition coefficient (Wildman–Crippen LogP) is 3.09. The van der Waals surface area contributed by atoms with Gasteiger partial charge in [-0.15, -0.1) is 24.0 Å². The summed E-state index contributed by atoms with van der Waals surface area (Å²) >= 11 is 0. The molecule has 0 aliphatic heterocycles. The SMILES string of the molecule is CN=C(NCCCCn1ccnc1C)NCc1cccc(F)c1.I. The number of halogens is 2. The Morgan fingerprint density at radius 2 is 2.12 bits per heavy atom. The molecule has 0 bridgehead atoms. The first-order chi connectivity index (χ1) is 11.2. The van der Waals surface area contributed by atoms with E-state index in [4.69, 9.17) is 0 Å². The van der Waals surface area contributed by atoms with Gasteiger partial charge in [-0.25, -0.2) is 9.37 Å². The molecule has 1 heterocycles. The molecule has 0 spiro atoms. The van der Waals surface area contributed by atoms with Crippen LogP contribution in [0.25, 0.3) is 0 Å². The number of hydrogen-bond acceptors (Lipinski definition) is 2. The lowest BCUT2D eigenvalue weighted by Crippen LogP contribution is -2.37. The monoisotopic (exact) mass is 445 g/mol. The number of guanidine groups is 1. The van der Waals surface area contributed by atoms with Gasteiger partial charge in [-0.05, 0) is 37.5 Å². The van der Waals surface area contributed by atoms with E-state index in [-0.39, 0.29) is 29.8 Å². The van der Waals surface area contributed by atoms with E-state index in [9.17, 15) is 4.39 Å². The molecule has 24 heavy (non-hydrogen) atoms. The van der Waals surface area contributed by atoms with Gasteiger partial charge >= 0.3 is 0 Å². The van der Waals surface area contributed by atoms with E-state index in [0.29, 0.717) is 6.54 Å². The third-order valence-corrected chi connectivity index (χ3v) is 3.61. The summed E-state index contributed by atoms with van der Waals surface area (Å²) in [5.74, 6) is 1.56. The molecule has 5 nitrogen and oxygen atoms in total.